The van der Waals surface area contributed by atoms with Gasteiger partial charge in [-0.3, -0.25) is 0 Å². The van der Waals surface area contributed by atoms with Gasteiger partial charge in [0, 0.05) is 13.2 Å². The lowest BCUT2D eigenvalue weighted by Crippen LogP contribution is -2.53. The smallest absolute Gasteiger partial charge is 0.372 e. The molecule has 0 atom stereocenters. The van der Waals surface area contributed by atoms with Gasteiger partial charge in [-0.25, -0.2) is 0 Å². The Morgan fingerprint density at radius 1 is 0.842 bits per heavy atom. The maximum atomic E-state index is 6.27. The third kappa shape index (κ3) is 5.09. The van der Waals surface area contributed by atoms with E-state index >= 15 is 0 Å². The van der Waals surface area contributed by atoms with Crippen LogP contribution in [0.15, 0.2) is 30.3 Å². The number of unbranched alkanes of at least 4 members (excludes halogenated alkanes) is 2. The van der Waals surface area contributed by atoms with Gasteiger partial charge in [0.2, 0.25) is 0 Å². The molecule has 0 radical (unpaired) electrons. The summed E-state index contributed by atoms with van der Waals surface area (Å²) in [5.41, 5.74) is 0. The first kappa shape index (κ1) is 16.4. The van der Waals surface area contributed by atoms with E-state index in [1.165, 1.54) is 5.19 Å². The first-order valence-corrected chi connectivity index (χ1v) is 9.64. The van der Waals surface area contributed by atoms with Crippen LogP contribution in [0.3, 0.4) is 0 Å². The first-order chi connectivity index (χ1) is 9.29. The van der Waals surface area contributed by atoms with E-state index in [4.69, 9.17) is 8.85 Å². The minimum absolute atomic E-state index is 0.817. The van der Waals surface area contributed by atoms with Gasteiger partial charge in [-0.05, 0) is 24.1 Å². The van der Waals surface area contributed by atoms with E-state index in [9.17, 15) is 0 Å². The highest BCUT2D eigenvalue weighted by Crippen LogP contribution is 2.15. The van der Waals surface area contributed by atoms with Crippen molar-refractivity contribution in [1.29, 1.82) is 0 Å². The fourth-order valence-electron chi connectivity index (χ4n) is 2.07. The summed E-state index contributed by atoms with van der Waals surface area (Å²) in [5, 5.41) is 1.27. The predicted octanol–water partition coefficient (Wildman–Crippen LogP) is 3.99. The highest BCUT2D eigenvalue weighted by molar-refractivity contribution is 6.81. The number of hydrogen-bond acceptors (Lipinski definition) is 2. The number of rotatable bonds is 10. The van der Waals surface area contributed by atoms with Gasteiger partial charge in [-0.1, -0.05) is 63.9 Å². The molecule has 0 N–H and O–H groups in total. The summed E-state index contributed by atoms with van der Waals surface area (Å²) in [7, 11) is -2.22. The zero-order chi connectivity index (χ0) is 14.0. The van der Waals surface area contributed by atoms with E-state index in [0.717, 1.165) is 44.9 Å². The van der Waals surface area contributed by atoms with Crippen molar-refractivity contribution in [2.75, 3.05) is 13.2 Å². The molecule has 0 amide bonds. The second-order valence-electron chi connectivity index (χ2n) is 4.88. The molecule has 0 aromatic heterocycles. The van der Waals surface area contributed by atoms with Crippen LogP contribution in [0.5, 0.6) is 0 Å². The van der Waals surface area contributed by atoms with Crippen molar-refractivity contribution in [1.82, 2.24) is 0 Å². The highest BCUT2D eigenvalue weighted by atomic mass is 28.4. The Kier molecular flexibility index (Phi) is 8.02. The number of benzene rings is 1. The summed E-state index contributed by atoms with van der Waals surface area (Å²) in [5.74, 6) is 0. The quantitative estimate of drug-likeness (QED) is 0.476. The van der Waals surface area contributed by atoms with Crippen LogP contribution in [-0.2, 0) is 8.85 Å². The zero-order valence-electron chi connectivity index (χ0n) is 12.7. The zero-order valence-corrected chi connectivity index (χ0v) is 13.7. The summed E-state index contributed by atoms with van der Waals surface area (Å²) >= 11 is 0. The molecule has 0 aliphatic rings. The van der Waals surface area contributed by atoms with Crippen LogP contribution < -0.4 is 5.19 Å². The molecule has 108 valence electrons. The van der Waals surface area contributed by atoms with E-state index in [1.54, 1.807) is 0 Å². The molecule has 0 fully saturated rings. The fourth-order valence-corrected chi connectivity index (χ4v) is 4.95. The van der Waals surface area contributed by atoms with Gasteiger partial charge in [0.1, 0.15) is 0 Å². The predicted molar refractivity (Wildman–Crippen MR) is 84.0 cm³/mol. The molecule has 0 saturated carbocycles. The molecule has 3 heteroatoms. The maximum Gasteiger partial charge on any atom is 0.372 e. The van der Waals surface area contributed by atoms with Crippen LogP contribution in [0.1, 0.15) is 46.5 Å². The van der Waals surface area contributed by atoms with Crippen molar-refractivity contribution in [3.8, 4) is 0 Å². The molecule has 19 heavy (non-hydrogen) atoms. The van der Waals surface area contributed by atoms with E-state index in [-0.39, 0.29) is 0 Å². The van der Waals surface area contributed by atoms with Gasteiger partial charge in [0.05, 0.1) is 0 Å². The molecule has 1 rings (SSSR count). The van der Waals surface area contributed by atoms with Gasteiger partial charge < -0.3 is 8.85 Å². The van der Waals surface area contributed by atoms with Crippen molar-refractivity contribution in [3.05, 3.63) is 30.3 Å². The Balaban J connectivity index is 2.79. The fraction of sp³-hybridized carbons (Fsp3) is 0.625. The third-order valence-corrected chi connectivity index (χ3v) is 6.83. The molecule has 1 aromatic rings. The van der Waals surface area contributed by atoms with Gasteiger partial charge in [0.25, 0.3) is 0 Å². The highest BCUT2D eigenvalue weighted by Gasteiger charge is 2.37. The molecule has 0 spiro atoms. The molecule has 0 aliphatic heterocycles. The topological polar surface area (TPSA) is 18.5 Å². The van der Waals surface area contributed by atoms with Crippen molar-refractivity contribution >= 4 is 13.7 Å². The van der Waals surface area contributed by atoms with E-state index < -0.39 is 8.56 Å². The average molecular weight is 280 g/mol. The Morgan fingerprint density at radius 2 is 1.37 bits per heavy atom. The summed E-state index contributed by atoms with van der Waals surface area (Å²) in [4.78, 5) is 0. The maximum absolute atomic E-state index is 6.27. The van der Waals surface area contributed by atoms with Crippen LogP contribution in [-0.4, -0.2) is 21.8 Å². The molecular weight excluding hydrogens is 252 g/mol. The van der Waals surface area contributed by atoms with Crippen LogP contribution in [0, 0.1) is 0 Å². The van der Waals surface area contributed by atoms with Crippen molar-refractivity contribution in [3.63, 3.8) is 0 Å². The Labute approximate surface area is 119 Å². The Bertz CT molecular complexity index is 317. The molecule has 0 heterocycles. The van der Waals surface area contributed by atoms with E-state index in [0.29, 0.717) is 0 Å². The molecule has 0 saturated heterocycles. The minimum Gasteiger partial charge on any atom is -0.391 e. The van der Waals surface area contributed by atoms with Crippen molar-refractivity contribution < 1.29 is 8.85 Å². The SMILES string of the molecule is CCCCO[Si](CC)(OCCCC)c1ccccc1. The second-order valence-corrected chi connectivity index (χ2v) is 8.24. The summed E-state index contributed by atoms with van der Waals surface area (Å²) < 4.78 is 12.5. The van der Waals surface area contributed by atoms with Crippen LogP contribution in [0.25, 0.3) is 0 Å². The molecule has 0 aliphatic carbocycles. The van der Waals surface area contributed by atoms with Crippen molar-refractivity contribution in [2.24, 2.45) is 0 Å². The summed E-state index contributed by atoms with van der Waals surface area (Å²) in [6.07, 6.45) is 4.55. The lowest BCUT2D eigenvalue weighted by atomic mass is 10.4. The van der Waals surface area contributed by atoms with Gasteiger partial charge in [0.15, 0.2) is 0 Å². The van der Waals surface area contributed by atoms with Gasteiger partial charge in [-0.2, -0.15) is 0 Å². The lowest BCUT2D eigenvalue weighted by Gasteiger charge is -2.30. The van der Waals surface area contributed by atoms with Crippen molar-refractivity contribution in [2.45, 2.75) is 52.5 Å². The summed E-state index contributed by atoms with van der Waals surface area (Å²) in [6.45, 7) is 8.21. The standard InChI is InChI=1S/C16H28O2Si/c1-4-7-14-17-19(6-3,18-15-8-5-2)16-12-10-9-11-13-16/h9-13H,4-8,14-15H2,1-3H3. The Morgan fingerprint density at radius 3 is 1.79 bits per heavy atom. The third-order valence-electron chi connectivity index (χ3n) is 3.35. The molecule has 1 aromatic carbocycles. The van der Waals surface area contributed by atoms with Crippen LogP contribution in [0.2, 0.25) is 6.04 Å². The summed E-state index contributed by atoms with van der Waals surface area (Å²) in [6, 6.07) is 11.5. The molecule has 0 unspecified atom stereocenters. The molecular formula is C16H28O2Si. The average Bonchev–Trinajstić information content (AvgIpc) is 2.47. The largest absolute Gasteiger partial charge is 0.391 e. The number of hydrogen-bond donors (Lipinski definition) is 0. The minimum atomic E-state index is -2.22. The lowest BCUT2D eigenvalue weighted by molar-refractivity contribution is 0.176. The van der Waals surface area contributed by atoms with Crippen LogP contribution in [0.4, 0.5) is 0 Å². The van der Waals surface area contributed by atoms with E-state index in [1.807, 2.05) is 0 Å². The normalized spacial score (nSPS) is 11.7. The van der Waals surface area contributed by atoms with Gasteiger partial charge >= 0.3 is 8.56 Å². The van der Waals surface area contributed by atoms with Gasteiger partial charge in [-0.15, -0.1) is 0 Å². The van der Waals surface area contributed by atoms with E-state index in [2.05, 4.69) is 51.1 Å². The van der Waals surface area contributed by atoms with Crippen LogP contribution >= 0.6 is 0 Å². The molecule has 2 nitrogen and oxygen atoms in total. The Hall–Kier alpha value is -0.643. The second kappa shape index (κ2) is 9.29. The monoisotopic (exact) mass is 280 g/mol. The first-order valence-electron chi connectivity index (χ1n) is 7.62. The molecule has 0 bridgehead atoms.